The number of likely N-dealkylation sites (tertiary alicyclic amines) is 1. The van der Waals surface area contributed by atoms with E-state index in [1.165, 1.54) is 0 Å². The van der Waals surface area contributed by atoms with Gasteiger partial charge in [-0.05, 0) is 12.8 Å². The van der Waals surface area contributed by atoms with E-state index in [0.717, 1.165) is 25.9 Å². The van der Waals surface area contributed by atoms with Crippen LogP contribution in [0.4, 0.5) is 0 Å². The van der Waals surface area contributed by atoms with Crippen molar-refractivity contribution in [2.24, 2.45) is 5.41 Å². The Morgan fingerprint density at radius 3 is 2.79 bits per heavy atom. The van der Waals surface area contributed by atoms with Crippen LogP contribution in [0.15, 0.2) is 0 Å². The molecule has 1 saturated heterocycles. The fraction of sp³-hybridized carbons (Fsp3) is 0.818. The standard InChI is InChI=1S/C11H17NO2/c1-2-3-10(14)12-5-4-11(8-12)6-9(13)7-11/h2-8H2,1H3. The summed E-state index contributed by atoms with van der Waals surface area (Å²) in [6.45, 7) is 3.72. The molecule has 0 unspecified atom stereocenters. The van der Waals surface area contributed by atoms with Crippen molar-refractivity contribution in [3.63, 3.8) is 0 Å². The topological polar surface area (TPSA) is 37.4 Å². The second kappa shape index (κ2) is 3.37. The van der Waals surface area contributed by atoms with Crippen LogP contribution in [-0.2, 0) is 9.59 Å². The van der Waals surface area contributed by atoms with E-state index in [-0.39, 0.29) is 11.3 Å². The lowest BCUT2D eigenvalue weighted by atomic mass is 9.67. The van der Waals surface area contributed by atoms with Gasteiger partial charge in [-0.1, -0.05) is 6.92 Å². The highest BCUT2D eigenvalue weighted by Gasteiger charge is 2.48. The third-order valence-electron chi connectivity index (χ3n) is 3.40. The predicted molar refractivity (Wildman–Crippen MR) is 52.8 cm³/mol. The molecule has 3 nitrogen and oxygen atoms in total. The quantitative estimate of drug-likeness (QED) is 0.667. The maximum atomic E-state index is 11.6. The molecule has 0 aromatic rings. The van der Waals surface area contributed by atoms with E-state index in [1.807, 2.05) is 11.8 Å². The van der Waals surface area contributed by atoms with E-state index < -0.39 is 0 Å². The van der Waals surface area contributed by atoms with Gasteiger partial charge in [0, 0.05) is 37.8 Å². The van der Waals surface area contributed by atoms with E-state index in [0.29, 0.717) is 25.0 Å². The Hall–Kier alpha value is -0.860. The van der Waals surface area contributed by atoms with Gasteiger partial charge in [-0.25, -0.2) is 0 Å². The van der Waals surface area contributed by atoms with Crippen molar-refractivity contribution in [3.05, 3.63) is 0 Å². The molecule has 78 valence electrons. The van der Waals surface area contributed by atoms with E-state index in [9.17, 15) is 9.59 Å². The molecule has 1 aliphatic heterocycles. The summed E-state index contributed by atoms with van der Waals surface area (Å²) in [5.41, 5.74) is 0.195. The molecule has 1 saturated carbocycles. The molecule has 1 amide bonds. The van der Waals surface area contributed by atoms with Crippen LogP contribution in [0.5, 0.6) is 0 Å². The minimum atomic E-state index is 0.195. The first-order valence-corrected chi connectivity index (χ1v) is 5.45. The molecule has 2 fully saturated rings. The first-order valence-electron chi connectivity index (χ1n) is 5.45. The van der Waals surface area contributed by atoms with Crippen molar-refractivity contribution in [1.29, 1.82) is 0 Å². The van der Waals surface area contributed by atoms with Crippen LogP contribution in [0.3, 0.4) is 0 Å². The van der Waals surface area contributed by atoms with Gasteiger partial charge in [0.05, 0.1) is 0 Å². The van der Waals surface area contributed by atoms with Crippen LogP contribution >= 0.6 is 0 Å². The van der Waals surface area contributed by atoms with Crippen molar-refractivity contribution in [1.82, 2.24) is 4.90 Å². The first-order chi connectivity index (χ1) is 6.65. The van der Waals surface area contributed by atoms with Gasteiger partial charge in [-0.2, -0.15) is 0 Å². The first kappa shape index (κ1) is 9.69. The van der Waals surface area contributed by atoms with E-state index >= 15 is 0 Å². The molecule has 2 rings (SSSR count). The maximum Gasteiger partial charge on any atom is 0.222 e. The highest BCUT2D eigenvalue weighted by molar-refractivity contribution is 5.87. The normalized spacial score (nSPS) is 24.1. The molecule has 0 N–H and O–H groups in total. The third-order valence-corrected chi connectivity index (χ3v) is 3.40. The van der Waals surface area contributed by atoms with Crippen LogP contribution < -0.4 is 0 Å². The fourth-order valence-corrected chi connectivity index (χ4v) is 2.59. The average molecular weight is 195 g/mol. The summed E-state index contributed by atoms with van der Waals surface area (Å²) in [4.78, 5) is 24.5. The van der Waals surface area contributed by atoms with Crippen molar-refractivity contribution in [3.8, 4) is 0 Å². The highest BCUT2D eigenvalue weighted by atomic mass is 16.2. The number of hydrogen-bond donors (Lipinski definition) is 0. The van der Waals surface area contributed by atoms with Gasteiger partial charge < -0.3 is 4.90 Å². The van der Waals surface area contributed by atoms with Gasteiger partial charge in [0.15, 0.2) is 0 Å². The number of rotatable bonds is 2. The molecule has 2 aliphatic rings. The van der Waals surface area contributed by atoms with Gasteiger partial charge in [0.1, 0.15) is 5.78 Å². The second-order valence-electron chi connectivity index (χ2n) is 4.71. The van der Waals surface area contributed by atoms with Gasteiger partial charge in [-0.15, -0.1) is 0 Å². The van der Waals surface area contributed by atoms with Gasteiger partial charge in [-0.3, -0.25) is 9.59 Å². The minimum absolute atomic E-state index is 0.195. The van der Waals surface area contributed by atoms with E-state index in [2.05, 4.69) is 0 Å². The third kappa shape index (κ3) is 1.56. The molecular formula is C11H17NO2. The van der Waals surface area contributed by atoms with Crippen molar-refractivity contribution in [2.45, 2.75) is 39.0 Å². The number of carbonyl (C=O) groups excluding carboxylic acids is 2. The number of hydrogen-bond acceptors (Lipinski definition) is 2. The molecule has 0 aromatic carbocycles. The van der Waals surface area contributed by atoms with Crippen LogP contribution in [-0.4, -0.2) is 29.7 Å². The number of Topliss-reactive ketones (excluding diaryl/α,β-unsaturated/α-hetero) is 1. The maximum absolute atomic E-state index is 11.6. The van der Waals surface area contributed by atoms with Gasteiger partial charge in [0.2, 0.25) is 5.91 Å². The highest BCUT2D eigenvalue weighted by Crippen LogP contribution is 2.45. The van der Waals surface area contributed by atoms with Gasteiger partial charge >= 0.3 is 0 Å². The Morgan fingerprint density at radius 2 is 2.21 bits per heavy atom. The van der Waals surface area contributed by atoms with Crippen molar-refractivity contribution >= 4 is 11.7 Å². The zero-order valence-corrected chi connectivity index (χ0v) is 8.71. The van der Waals surface area contributed by atoms with Crippen LogP contribution in [0.2, 0.25) is 0 Å². The van der Waals surface area contributed by atoms with Crippen LogP contribution in [0, 0.1) is 5.41 Å². The zero-order chi connectivity index (χ0) is 10.2. The summed E-state index contributed by atoms with van der Waals surface area (Å²) >= 11 is 0. The largest absolute Gasteiger partial charge is 0.342 e. The SMILES string of the molecule is CCCC(=O)N1CCC2(CC(=O)C2)C1. The smallest absolute Gasteiger partial charge is 0.222 e. The molecule has 1 spiro atoms. The number of nitrogens with zero attached hydrogens (tertiary/aromatic N) is 1. The Kier molecular flexibility index (Phi) is 2.33. The minimum Gasteiger partial charge on any atom is -0.342 e. The molecule has 0 aromatic heterocycles. The lowest BCUT2D eigenvalue weighted by Crippen LogP contribution is -2.41. The molecule has 0 radical (unpaired) electrons. The summed E-state index contributed by atoms with van der Waals surface area (Å²) in [6.07, 6.45) is 4.03. The molecular weight excluding hydrogens is 178 g/mol. The van der Waals surface area contributed by atoms with E-state index in [1.54, 1.807) is 0 Å². The van der Waals surface area contributed by atoms with Crippen LogP contribution in [0.25, 0.3) is 0 Å². The predicted octanol–water partition coefficient (Wildman–Crippen LogP) is 1.37. The molecule has 0 bridgehead atoms. The van der Waals surface area contributed by atoms with Gasteiger partial charge in [0.25, 0.3) is 0 Å². The Balaban J connectivity index is 1.89. The summed E-state index contributed by atoms with van der Waals surface area (Å²) in [5, 5.41) is 0. The molecule has 3 heteroatoms. The van der Waals surface area contributed by atoms with Crippen molar-refractivity contribution in [2.75, 3.05) is 13.1 Å². The zero-order valence-electron chi connectivity index (χ0n) is 8.71. The fourth-order valence-electron chi connectivity index (χ4n) is 2.59. The monoisotopic (exact) mass is 195 g/mol. The molecule has 0 atom stereocenters. The molecule has 1 aliphatic carbocycles. The Bertz CT molecular complexity index is 264. The molecule has 14 heavy (non-hydrogen) atoms. The lowest BCUT2D eigenvalue weighted by Gasteiger charge is -2.36. The number of ketones is 1. The van der Waals surface area contributed by atoms with E-state index in [4.69, 9.17) is 0 Å². The second-order valence-corrected chi connectivity index (χ2v) is 4.71. The number of amides is 1. The average Bonchev–Trinajstić information content (AvgIpc) is 2.49. The summed E-state index contributed by atoms with van der Waals surface area (Å²) in [6, 6.07) is 0. The molecule has 1 heterocycles. The van der Waals surface area contributed by atoms with Crippen LogP contribution in [0.1, 0.15) is 39.0 Å². The van der Waals surface area contributed by atoms with Crippen molar-refractivity contribution < 1.29 is 9.59 Å². The lowest BCUT2D eigenvalue weighted by molar-refractivity contribution is -0.135. The summed E-state index contributed by atoms with van der Waals surface area (Å²) in [7, 11) is 0. The Labute approximate surface area is 84.5 Å². The number of carbonyl (C=O) groups is 2. The Morgan fingerprint density at radius 1 is 1.50 bits per heavy atom. The summed E-state index contributed by atoms with van der Waals surface area (Å²) < 4.78 is 0. The summed E-state index contributed by atoms with van der Waals surface area (Å²) in [5.74, 6) is 0.638.